The SMILES string of the molecule is O=P1(NCc2cccnc2)C=C(c2ccccc2)OC(c2ccccc2)=C1. The highest BCUT2D eigenvalue weighted by atomic mass is 31.2. The van der Waals surface area contributed by atoms with Crippen molar-refractivity contribution in [1.29, 1.82) is 0 Å². The lowest BCUT2D eigenvalue weighted by molar-refractivity contribution is 0.468. The highest BCUT2D eigenvalue weighted by Gasteiger charge is 2.26. The quantitative estimate of drug-likeness (QED) is 0.601. The van der Waals surface area contributed by atoms with Gasteiger partial charge in [0.1, 0.15) is 11.5 Å². The van der Waals surface area contributed by atoms with Gasteiger partial charge in [0.15, 0.2) is 7.29 Å². The Bertz CT molecular complexity index is 956. The van der Waals surface area contributed by atoms with Crippen LogP contribution in [-0.2, 0) is 15.8 Å². The summed E-state index contributed by atoms with van der Waals surface area (Å²) in [6, 6.07) is 23.3. The lowest BCUT2D eigenvalue weighted by atomic mass is 10.2. The van der Waals surface area contributed by atoms with Crippen LogP contribution in [0.1, 0.15) is 16.7 Å². The normalized spacial score (nSPS) is 15.4. The summed E-state index contributed by atoms with van der Waals surface area (Å²) in [6.45, 7) is 0.461. The molecule has 0 atom stereocenters. The minimum Gasteiger partial charge on any atom is -0.456 e. The summed E-state index contributed by atoms with van der Waals surface area (Å²) in [5.74, 6) is 4.59. The molecule has 1 aliphatic heterocycles. The number of nitrogens with one attached hydrogen (secondary N) is 1. The zero-order valence-electron chi connectivity index (χ0n) is 14.7. The summed E-state index contributed by atoms with van der Waals surface area (Å²) in [4.78, 5) is 4.11. The second-order valence-corrected chi connectivity index (χ2v) is 8.48. The monoisotopic (exact) mass is 374 g/mol. The van der Waals surface area contributed by atoms with Crippen LogP contribution >= 0.6 is 7.29 Å². The maximum atomic E-state index is 13.6. The molecule has 0 fully saturated rings. The third kappa shape index (κ3) is 4.25. The molecule has 0 saturated carbocycles. The number of ether oxygens (including phenoxy) is 1. The molecule has 0 spiro atoms. The van der Waals surface area contributed by atoms with Crippen molar-refractivity contribution < 1.29 is 9.30 Å². The number of hydrogen-bond donors (Lipinski definition) is 1. The van der Waals surface area contributed by atoms with Crippen LogP contribution in [0.25, 0.3) is 11.5 Å². The second-order valence-electron chi connectivity index (χ2n) is 6.23. The Morgan fingerprint density at radius 1 is 0.815 bits per heavy atom. The van der Waals surface area contributed by atoms with Crippen LogP contribution < -0.4 is 5.09 Å². The molecule has 0 amide bonds. The Labute approximate surface area is 158 Å². The molecule has 0 radical (unpaired) electrons. The second kappa shape index (κ2) is 7.75. The number of rotatable bonds is 5. The molecule has 3 aromatic rings. The van der Waals surface area contributed by atoms with Gasteiger partial charge in [0.25, 0.3) is 0 Å². The molecule has 0 saturated heterocycles. The van der Waals surface area contributed by atoms with Crippen molar-refractivity contribution >= 4 is 18.8 Å². The summed E-state index contributed by atoms with van der Waals surface area (Å²) in [5.41, 5.74) is 2.76. The molecule has 4 nitrogen and oxygen atoms in total. The Kier molecular flexibility index (Phi) is 5.01. The van der Waals surface area contributed by atoms with Crippen LogP contribution in [0, 0.1) is 0 Å². The van der Waals surface area contributed by atoms with Crippen molar-refractivity contribution in [2.45, 2.75) is 6.54 Å². The maximum Gasteiger partial charge on any atom is 0.198 e. The maximum absolute atomic E-state index is 13.6. The van der Waals surface area contributed by atoms with Gasteiger partial charge < -0.3 is 4.74 Å². The lowest BCUT2D eigenvalue weighted by Crippen LogP contribution is -2.11. The number of nitrogens with zero attached hydrogens (tertiary/aromatic N) is 1. The fourth-order valence-electron chi connectivity index (χ4n) is 2.84. The number of pyridine rings is 1. The van der Waals surface area contributed by atoms with E-state index >= 15 is 0 Å². The van der Waals surface area contributed by atoms with Gasteiger partial charge in [-0.15, -0.1) is 0 Å². The number of aromatic nitrogens is 1. The van der Waals surface area contributed by atoms with E-state index in [2.05, 4.69) is 10.1 Å². The van der Waals surface area contributed by atoms with Gasteiger partial charge in [0.05, 0.1) is 0 Å². The van der Waals surface area contributed by atoms with Gasteiger partial charge in [-0.25, -0.2) is 0 Å². The predicted octanol–water partition coefficient (Wildman–Crippen LogP) is 5.48. The van der Waals surface area contributed by atoms with E-state index in [9.17, 15) is 4.57 Å². The zero-order valence-corrected chi connectivity index (χ0v) is 15.6. The van der Waals surface area contributed by atoms with Gasteiger partial charge in [-0.2, -0.15) is 0 Å². The molecule has 2 heterocycles. The van der Waals surface area contributed by atoms with Crippen molar-refractivity contribution in [2.24, 2.45) is 0 Å². The third-order valence-corrected chi connectivity index (χ3v) is 6.10. The molecular formula is C22H19N2O2P. The Balaban J connectivity index is 1.69. The van der Waals surface area contributed by atoms with E-state index in [-0.39, 0.29) is 0 Å². The smallest absolute Gasteiger partial charge is 0.198 e. The van der Waals surface area contributed by atoms with Gasteiger partial charge in [0, 0.05) is 41.7 Å². The topological polar surface area (TPSA) is 51.2 Å². The van der Waals surface area contributed by atoms with Crippen molar-refractivity contribution in [3.8, 4) is 0 Å². The predicted molar refractivity (Wildman–Crippen MR) is 109 cm³/mol. The first-order chi connectivity index (χ1) is 13.2. The Morgan fingerprint density at radius 3 is 1.93 bits per heavy atom. The molecular weight excluding hydrogens is 355 g/mol. The number of benzene rings is 2. The van der Waals surface area contributed by atoms with Crippen LogP contribution in [0.3, 0.4) is 0 Å². The van der Waals surface area contributed by atoms with Crippen LogP contribution in [0.15, 0.2) is 96.8 Å². The molecule has 0 unspecified atom stereocenters. The molecule has 1 aliphatic rings. The third-order valence-electron chi connectivity index (χ3n) is 4.21. The van der Waals surface area contributed by atoms with Crippen molar-refractivity contribution in [3.05, 3.63) is 114 Å². The highest BCUT2D eigenvalue weighted by Crippen LogP contribution is 2.53. The van der Waals surface area contributed by atoms with Gasteiger partial charge in [-0.1, -0.05) is 66.7 Å². The highest BCUT2D eigenvalue weighted by molar-refractivity contribution is 7.68. The van der Waals surface area contributed by atoms with E-state index in [1.165, 1.54) is 0 Å². The molecule has 1 N–H and O–H groups in total. The average Bonchev–Trinajstić information content (AvgIpc) is 2.74. The molecule has 4 rings (SSSR count). The van der Waals surface area contributed by atoms with E-state index in [4.69, 9.17) is 4.74 Å². The molecule has 134 valence electrons. The fraction of sp³-hybridized carbons (Fsp3) is 0.0455. The summed E-state index contributed by atoms with van der Waals surface area (Å²) in [5, 5.41) is 3.20. The minimum absolute atomic E-state index is 0.461. The van der Waals surface area contributed by atoms with Crippen LogP contribution in [0.4, 0.5) is 0 Å². The van der Waals surface area contributed by atoms with Gasteiger partial charge in [-0.05, 0) is 11.6 Å². The summed E-state index contributed by atoms with van der Waals surface area (Å²) < 4.78 is 19.7. The van der Waals surface area contributed by atoms with E-state index in [1.54, 1.807) is 24.0 Å². The van der Waals surface area contributed by atoms with E-state index in [0.29, 0.717) is 18.1 Å². The van der Waals surface area contributed by atoms with Crippen LogP contribution in [0.2, 0.25) is 0 Å². The molecule has 1 aromatic heterocycles. The van der Waals surface area contributed by atoms with Crippen LogP contribution in [-0.4, -0.2) is 4.98 Å². The fourth-order valence-corrected chi connectivity index (χ4v) is 4.62. The summed E-state index contributed by atoms with van der Waals surface area (Å²) >= 11 is 0. The molecule has 0 aliphatic carbocycles. The summed E-state index contributed by atoms with van der Waals surface area (Å²) in [6.07, 6.45) is 3.49. The number of hydrogen-bond acceptors (Lipinski definition) is 3. The van der Waals surface area contributed by atoms with Crippen molar-refractivity contribution in [1.82, 2.24) is 10.1 Å². The zero-order chi connectivity index (χ0) is 18.5. The van der Waals surface area contributed by atoms with E-state index in [0.717, 1.165) is 16.7 Å². The minimum atomic E-state index is -2.95. The lowest BCUT2D eigenvalue weighted by Gasteiger charge is -2.23. The molecule has 0 bridgehead atoms. The van der Waals surface area contributed by atoms with Crippen molar-refractivity contribution in [2.75, 3.05) is 0 Å². The van der Waals surface area contributed by atoms with E-state index < -0.39 is 7.29 Å². The first-order valence-corrected chi connectivity index (χ1v) is 10.5. The summed E-state index contributed by atoms with van der Waals surface area (Å²) in [7, 11) is -2.95. The first-order valence-electron chi connectivity index (χ1n) is 8.70. The van der Waals surface area contributed by atoms with Gasteiger partial charge in [-0.3, -0.25) is 14.6 Å². The molecule has 27 heavy (non-hydrogen) atoms. The first kappa shape index (κ1) is 17.5. The van der Waals surface area contributed by atoms with Crippen molar-refractivity contribution in [3.63, 3.8) is 0 Å². The Hall–Kier alpha value is -2.94. The molecule has 2 aromatic carbocycles. The van der Waals surface area contributed by atoms with Gasteiger partial charge >= 0.3 is 0 Å². The van der Waals surface area contributed by atoms with Crippen LogP contribution in [0.5, 0.6) is 0 Å². The largest absolute Gasteiger partial charge is 0.456 e. The Morgan fingerprint density at radius 2 is 1.41 bits per heavy atom. The molecule has 5 heteroatoms. The average molecular weight is 374 g/mol. The van der Waals surface area contributed by atoms with Gasteiger partial charge in [0.2, 0.25) is 0 Å². The standard InChI is InChI=1S/C22H19N2O2P/c25-27(24-15-18-8-7-13-23-14-18)16-21(19-9-3-1-4-10-19)26-22(17-27)20-11-5-2-6-12-20/h1-14,16-17H,15H2,(H,24,25). The van der Waals surface area contributed by atoms with E-state index in [1.807, 2.05) is 72.8 Å².